The molecule has 8 heteroatoms. The standard InChI is InChI=1S/C6H4N2O3S3/c9-2-1-13-6(11)8(2)4-3(12)7-5(10)14-4/h1,9,12H,(H,7,10). The van der Waals surface area contributed by atoms with E-state index in [4.69, 9.17) is 0 Å². The van der Waals surface area contributed by atoms with Crippen LogP contribution in [0.3, 0.4) is 0 Å². The molecule has 0 unspecified atom stereocenters. The van der Waals surface area contributed by atoms with Crippen LogP contribution in [-0.2, 0) is 0 Å². The van der Waals surface area contributed by atoms with Crippen molar-refractivity contribution >= 4 is 35.3 Å². The maximum atomic E-state index is 11.3. The Morgan fingerprint density at radius 2 is 2.21 bits per heavy atom. The fraction of sp³-hybridized carbons (Fsp3) is 0. The second kappa shape index (κ2) is 3.30. The van der Waals surface area contributed by atoms with Crippen LogP contribution in [-0.4, -0.2) is 14.7 Å². The van der Waals surface area contributed by atoms with Crippen LogP contribution in [0, 0.1) is 0 Å². The van der Waals surface area contributed by atoms with E-state index in [2.05, 4.69) is 17.6 Å². The largest absolute Gasteiger partial charge is 0.494 e. The normalized spacial score (nSPS) is 10.6. The van der Waals surface area contributed by atoms with Crippen molar-refractivity contribution in [3.8, 4) is 10.9 Å². The lowest BCUT2D eigenvalue weighted by atomic mass is 10.7. The summed E-state index contributed by atoms with van der Waals surface area (Å²) in [5.41, 5.74) is 0. The molecule has 0 saturated carbocycles. The van der Waals surface area contributed by atoms with Crippen LogP contribution < -0.4 is 9.75 Å². The third-order valence-electron chi connectivity index (χ3n) is 1.49. The first-order chi connectivity index (χ1) is 6.59. The number of rotatable bonds is 1. The molecule has 0 saturated heterocycles. The Hall–Kier alpha value is -0.990. The number of aromatic nitrogens is 2. The van der Waals surface area contributed by atoms with Gasteiger partial charge >= 0.3 is 9.75 Å². The summed E-state index contributed by atoms with van der Waals surface area (Å²) in [6.07, 6.45) is 0. The van der Waals surface area contributed by atoms with Crippen molar-refractivity contribution in [2.75, 3.05) is 0 Å². The highest BCUT2D eigenvalue weighted by Crippen LogP contribution is 2.23. The predicted molar refractivity (Wildman–Crippen MR) is 57.3 cm³/mol. The van der Waals surface area contributed by atoms with Crippen molar-refractivity contribution in [2.45, 2.75) is 5.03 Å². The van der Waals surface area contributed by atoms with E-state index in [0.29, 0.717) is 5.00 Å². The summed E-state index contributed by atoms with van der Waals surface area (Å²) in [4.78, 5) is 24.0. The summed E-state index contributed by atoms with van der Waals surface area (Å²) in [6, 6.07) is 0. The Morgan fingerprint density at radius 1 is 1.50 bits per heavy atom. The van der Waals surface area contributed by atoms with E-state index in [1.165, 1.54) is 5.38 Å². The first kappa shape index (κ1) is 9.56. The SMILES string of the molecule is O=c1[nH]c(S)c(-n2c(O)csc2=O)s1. The number of nitrogens with zero attached hydrogens (tertiary/aromatic N) is 1. The molecule has 0 amide bonds. The van der Waals surface area contributed by atoms with Gasteiger partial charge in [-0.25, -0.2) is 4.57 Å². The number of aromatic amines is 1. The van der Waals surface area contributed by atoms with Crippen LogP contribution in [0.15, 0.2) is 20.0 Å². The average Bonchev–Trinajstić information content (AvgIpc) is 2.57. The Bertz CT molecular complexity index is 576. The van der Waals surface area contributed by atoms with E-state index in [-0.39, 0.29) is 20.7 Å². The molecule has 14 heavy (non-hydrogen) atoms. The summed E-state index contributed by atoms with van der Waals surface area (Å²) >= 11 is 5.67. The van der Waals surface area contributed by atoms with Crippen LogP contribution in [0.25, 0.3) is 5.00 Å². The van der Waals surface area contributed by atoms with Crippen LogP contribution >= 0.6 is 35.3 Å². The third-order valence-corrected chi connectivity index (χ3v) is 3.55. The van der Waals surface area contributed by atoms with Crippen molar-refractivity contribution in [3.05, 3.63) is 24.7 Å². The summed E-state index contributed by atoms with van der Waals surface area (Å²) in [7, 11) is 0. The van der Waals surface area contributed by atoms with Crippen molar-refractivity contribution in [1.82, 2.24) is 9.55 Å². The number of thiol groups is 1. The first-order valence-electron chi connectivity index (χ1n) is 3.41. The van der Waals surface area contributed by atoms with Gasteiger partial charge in [0.2, 0.25) is 5.88 Å². The maximum absolute atomic E-state index is 11.3. The fourth-order valence-corrected chi connectivity index (χ4v) is 2.77. The second-order valence-corrected chi connectivity index (χ2v) is 4.59. The minimum Gasteiger partial charge on any atom is -0.494 e. The lowest BCUT2D eigenvalue weighted by Crippen LogP contribution is -2.08. The quantitative estimate of drug-likeness (QED) is 0.648. The number of aromatic hydroxyl groups is 1. The minimum atomic E-state index is -0.354. The molecule has 0 aliphatic rings. The Balaban J connectivity index is 2.77. The number of H-pyrrole nitrogens is 1. The van der Waals surface area contributed by atoms with E-state index in [9.17, 15) is 14.7 Å². The molecule has 0 spiro atoms. The van der Waals surface area contributed by atoms with Gasteiger partial charge in [-0.05, 0) is 0 Å². The predicted octanol–water partition coefficient (Wildman–Crippen LogP) is 0.643. The molecule has 0 radical (unpaired) electrons. The van der Waals surface area contributed by atoms with Crippen LogP contribution in [0.4, 0.5) is 0 Å². The Labute approximate surface area is 90.7 Å². The molecular formula is C6H4N2O3S3. The molecule has 0 bridgehead atoms. The first-order valence-corrected chi connectivity index (χ1v) is 5.56. The van der Waals surface area contributed by atoms with Gasteiger partial charge in [0.1, 0.15) is 10.0 Å². The van der Waals surface area contributed by atoms with Crippen LogP contribution in [0.1, 0.15) is 0 Å². The molecular weight excluding hydrogens is 244 g/mol. The van der Waals surface area contributed by atoms with Crippen LogP contribution in [0.5, 0.6) is 5.88 Å². The molecule has 0 atom stereocenters. The zero-order chi connectivity index (χ0) is 10.3. The van der Waals surface area contributed by atoms with Gasteiger partial charge in [0, 0.05) is 0 Å². The van der Waals surface area contributed by atoms with E-state index < -0.39 is 0 Å². The smallest absolute Gasteiger partial charge is 0.315 e. The molecule has 74 valence electrons. The number of hydrogen-bond acceptors (Lipinski definition) is 6. The van der Waals surface area contributed by atoms with Crippen molar-refractivity contribution < 1.29 is 5.11 Å². The van der Waals surface area contributed by atoms with Gasteiger partial charge in [-0.1, -0.05) is 22.7 Å². The highest BCUT2D eigenvalue weighted by Gasteiger charge is 2.13. The fourth-order valence-electron chi connectivity index (χ4n) is 0.952. The average molecular weight is 248 g/mol. The summed E-state index contributed by atoms with van der Waals surface area (Å²) in [6.45, 7) is 0. The maximum Gasteiger partial charge on any atom is 0.315 e. The Morgan fingerprint density at radius 3 is 2.64 bits per heavy atom. The zero-order valence-electron chi connectivity index (χ0n) is 6.55. The highest BCUT2D eigenvalue weighted by molar-refractivity contribution is 7.80. The van der Waals surface area contributed by atoms with Crippen molar-refractivity contribution in [1.29, 1.82) is 0 Å². The van der Waals surface area contributed by atoms with Gasteiger partial charge in [-0.3, -0.25) is 9.59 Å². The molecule has 2 heterocycles. The van der Waals surface area contributed by atoms with E-state index in [1.54, 1.807) is 0 Å². The van der Waals surface area contributed by atoms with Crippen LogP contribution in [0.2, 0.25) is 0 Å². The molecule has 2 N–H and O–H groups in total. The third kappa shape index (κ3) is 1.41. The minimum absolute atomic E-state index is 0.189. The van der Waals surface area contributed by atoms with Gasteiger partial charge in [0.15, 0.2) is 0 Å². The van der Waals surface area contributed by atoms with Gasteiger partial charge in [-0.2, -0.15) is 0 Å². The monoisotopic (exact) mass is 248 g/mol. The molecule has 2 aromatic rings. The van der Waals surface area contributed by atoms with Gasteiger partial charge in [-0.15, -0.1) is 12.6 Å². The van der Waals surface area contributed by atoms with Gasteiger partial charge < -0.3 is 10.1 Å². The zero-order valence-corrected chi connectivity index (χ0v) is 9.08. The van der Waals surface area contributed by atoms with E-state index in [0.717, 1.165) is 27.2 Å². The summed E-state index contributed by atoms with van der Waals surface area (Å²) in [5, 5.41) is 11.2. The summed E-state index contributed by atoms with van der Waals surface area (Å²) < 4.78 is 1.04. The highest BCUT2D eigenvalue weighted by atomic mass is 32.1. The molecule has 0 fully saturated rings. The molecule has 0 aliphatic carbocycles. The lowest BCUT2D eigenvalue weighted by Gasteiger charge is -1.97. The van der Waals surface area contributed by atoms with E-state index in [1.807, 2.05) is 0 Å². The number of nitrogens with one attached hydrogen (secondary N) is 1. The number of hydrogen-bond donors (Lipinski definition) is 3. The molecule has 2 rings (SSSR count). The van der Waals surface area contributed by atoms with Gasteiger partial charge in [0.25, 0.3) is 0 Å². The molecule has 0 aliphatic heterocycles. The number of thiazole rings is 2. The topological polar surface area (TPSA) is 75.1 Å². The van der Waals surface area contributed by atoms with Crippen molar-refractivity contribution in [3.63, 3.8) is 0 Å². The Kier molecular flexibility index (Phi) is 2.25. The molecule has 5 nitrogen and oxygen atoms in total. The van der Waals surface area contributed by atoms with Gasteiger partial charge in [0.05, 0.1) is 5.38 Å². The molecule has 0 aromatic carbocycles. The summed E-state index contributed by atoms with van der Waals surface area (Å²) in [5.74, 6) is -0.189. The van der Waals surface area contributed by atoms with E-state index >= 15 is 0 Å². The molecule has 2 aromatic heterocycles. The lowest BCUT2D eigenvalue weighted by molar-refractivity contribution is 0.441. The second-order valence-electron chi connectivity index (χ2n) is 2.36. The van der Waals surface area contributed by atoms with Crippen molar-refractivity contribution in [2.24, 2.45) is 0 Å².